The number of fused-ring (bicyclic) bond motifs is 1. The zero-order chi connectivity index (χ0) is 18.9. The van der Waals surface area contributed by atoms with Gasteiger partial charge in [-0.2, -0.15) is 18.3 Å². The first kappa shape index (κ1) is 18.6. The van der Waals surface area contributed by atoms with Gasteiger partial charge in [0.25, 0.3) is 0 Å². The number of benzene rings is 1. The number of phenolic OH excluding ortho intramolecular Hbond substituents is 1. The number of phenols is 1. The molecule has 0 radical (unpaired) electrons. The first-order valence-electron chi connectivity index (χ1n) is 8.73. The third-order valence-corrected chi connectivity index (χ3v) is 4.75. The molecule has 7 heteroatoms. The first-order chi connectivity index (χ1) is 12.3. The predicted molar refractivity (Wildman–Crippen MR) is 90.8 cm³/mol. The van der Waals surface area contributed by atoms with Gasteiger partial charge in [-0.15, -0.1) is 5.10 Å². The summed E-state index contributed by atoms with van der Waals surface area (Å²) in [5.74, 6) is -0.446. The molecule has 0 fully saturated rings. The van der Waals surface area contributed by atoms with Crippen molar-refractivity contribution in [3.63, 3.8) is 0 Å². The van der Waals surface area contributed by atoms with E-state index in [1.54, 1.807) is 6.92 Å². The molecule has 1 atom stereocenters. The number of hydrogen-bond donors (Lipinski definition) is 2. The quantitative estimate of drug-likeness (QED) is 0.856. The Morgan fingerprint density at radius 3 is 2.42 bits per heavy atom. The van der Waals surface area contributed by atoms with Gasteiger partial charge in [-0.1, -0.05) is 0 Å². The van der Waals surface area contributed by atoms with Crippen LogP contribution in [0.25, 0.3) is 11.3 Å². The predicted octanol–water partition coefficient (Wildman–Crippen LogP) is 4.06. The van der Waals surface area contributed by atoms with E-state index in [1.165, 1.54) is 6.07 Å². The van der Waals surface area contributed by atoms with Gasteiger partial charge in [0.15, 0.2) is 0 Å². The van der Waals surface area contributed by atoms with Crippen molar-refractivity contribution in [2.75, 3.05) is 0 Å². The highest BCUT2D eigenvalue weighted by Crippen LogP contribution is 2.39. The Morgan fingerprint density at radius 1 is 1.12 bits per heavy atom. The smallest absolute Gasteiger partial charge is 0.416 e. The number of alkyl halides is 3. The van der Waals surface area contributed by atoms with Gasteiger partial charge >= 0.3 is 6.18 Å². The van der Waals surface area contributed by atoms with Crippen LogP contribution in [0.1, 0.15) is 48.6 Å². The Morgan fingerprint density at radius 2 is 1.81 bits per heavy atom. The SMILES string of the molecule is C[C@@H](O)CCc1nnc(-c2ccc(C(F)(F)F)cc2O)c2c1CCCC2. The summed E-state index contributed by atoms with van der Waals surface area (Å²) in [5.41, 5.74) is 2.66. The molecule has 0 spiro atoms. The minimum atomic E-state index is -4.51. The first-order valence-corrected chi connectivity index (χ1v) is 8.73. The third-order valence-electron chi connectivity index (χ3n) is 4.75. The fourth-order valence-corrected chi connectivity index (χ4v) is 3.39. The van der Waals surface area contributed by atoms with Crippen LogP contribution in [0.3, 0.4) is 0 Å². The van der Waals surface area contributed by atoms with Crippen molar-refractivity contribution in [3.8, 4) is 17.0 Å². The molecular formula is C19H21F3N2O2. The van der Waals surface area contributed by atoms with Crippen LogP contribution in [0.4, 0.5) is 13.2 Å². The number of nitrogens with zero attached hydrogens (tertiary/aromatic N) is 2. The van der Waals surface area contributed by atoms with Crippen LogP contribution < -0.4 is 0 Å². The van der Waals surface area contributed by atoms with Crippen molar-refractivity contribution in [2.24, 2.45) is 0 Å². The molecule has 26 heavy (non-hydrogen) atoms. The second-order valence-corrected chi connectivity index (χ2v) is 6.78. The number of rotatable bonds is 4. The lowest BCUT2D eigenvalue weighted by molar-refractivity contribution is -0.137. The van der Waals surface area contributed by atoms with E-state index in [-0.39, 0.29) is 5.56 Å². The summed E-state index contributed by atoms with van der Waals surface area (Å²) >= 11 is 0. The molecule has 2 N–H and O–H groups in total. The molecule has 0 bridgehead atoms. The van der Waals surface area contributed by atoms with E-state index < -0.39 is 23.6 Å². The van der Waals surface area contributed by atoms with Crippen molar-refractivity contribution in [3.05, 3.63) is 40.6 Å². The standard InChI is InChI=1S/C19H21F3N2O2/c1-11(25)6-9-16-13-4-2-3-5-14(13)18(24-23-16)15-8-7-12(10-17(15)26)19(20,21)22/h7-8,10-11,25-26H,2-6,9H2,1H3/t11-/m1/s1. The van der Waals surface area contributed by atoms with Crippen LogP contribution in [-0.2, 0) is 25.4 Å². The average molecular weight is 366 g/mol. The van der Waals surface area contributed by atoms with Crippen LogP contribution in [-0.4, -0.2) is 26.5 Å². The Balaban J connectivity index is 2.03. The molecule has 4 nitrogen and oxygen atoms in total. The van der Waals surface area contributed by atoms with Crippen molar-refractivity contribution >= 4 is 0 Å². The van der Waals surface area contributed by atoms with E-state index in [2.05, 4.69) is 10.2 Å². The van der Waals surface area contributed by atoms with E-state index in [4.69, 9.17) is 0 Å². The third kappa shape index (κ3) is 3.82. The fraction of sp³-hybridized carbons (Fsp3) is 0.474. The van der Waals surface area contributed by atoms with Crippen molar-refractivity contribution in [1.29, 1.82) is 0 Å². The summed E-state index contributed by atoms with van der Waals surface area (Å²) in [5, 5.41) is 28.1. The summed E-state index contributed by atoms with van der Waals surface area (Å²) < 4.78 is 38.5. The Kier molecular flexibility index (Phi) is 5.18. The number of halogens is 3. The summed E-state index contributed by atoms with van der Waals surface area (Å²) in [6, 6.07) is 2.94. The number of aromatic hydroxyl groups is 1. The summed E-state index contributed by atoms with van der Waals surface area (Å²) in [7, 11) is 0. The zero-order valence-corrected chi connectivity index (χ0v) is 14.5. The summed E-state index contributed by atoms with van der Waals surface area (Å²) in [6.07, 6.45) is -0.211. The molecular weight excluding hydrogens is 345 g/mol. The van der Waals surface area contributed by atoms with Gasteiger partial charge in [-0.3, -0.25) is 0 Å². The van der Waals surface area contributed by atoms with Gasteiger partial charge in [-0.05, 0) is 74.8 Å². The van der Waals surface area contributed by atoms with E-state index in [9.17, 15) is 23.4 Å². The van der Waals surface area contributed by atoms with Gasteiger partial charge < -0.3 is 10.2 Å². The van der Waals surface area contributed by atoms with Crippen LogP contribution in [0.15, 0.2) is 18.2 Å². The van der Waals surface area contributed by atoms with Gasteiger partial charge in [-0.25, -0.2) is 0 Å². The topological polar surface area (TPSA) is 66.2 Å². The second kappa shape index (κ2) is 7.23. The van der Waals surface area contributed by atoms with E-state index >= 15 is 0 Å². The van der Waals surface area contributed by atoms with Gasteiger partial charge in [0.1, 0.15) is 11.4 Å². The Bertz CT molecular complexity index is 804. The van der Waals surface area contributed by atoms with Gasteiger partial charge in [0.05, 0.1) is 17.4 Å². The highest BCUT2D eigenvalue weighted by Gasteiger charge is 2.31. The lowest BCUT2D eigenvalue weighted by Crippen LogP contribution is -2.14. The molecule has 2 aromatic rings. The van der Waals surface area contributed by atoms with E-state index in [0.717, 1.165) is 54.6 Å². The maximum Gasteiger partial charge on any atom is 0.416 e. The van der Waals surface area contributed by atoms with Crippen LogP contribution in [0, 0.1) is 0 Å². The molecule has 1 aromatic carbocycles. The Hall–Kier alpha value is -2.15. The fourth-order valence-electron chi connectivity index (χ4n) is 3.39. The summed E-state index contributed by atoms with van der Waals surface area (Å²) in [4.78, 5) is 0. The number of hydrogen-bond acceptors (Lipinski definition) is 4. The number of aromatic nitrogens is 2. The highest BCUT2D eigenvalue weighted by molar-refractivity contribution is 5.71. The average Bonchev–Trinajstić information content (AvgIpc) is 2.59. The normalized spacial score (nSPS) is 15.6. The maximum atomic E-state index is 12.8. The minimum Gasteiger partial charge on any atom is -0.507 e. The number of aryl methyl sites for hydroxylation is 1. The summed E-state index contributed by atoms with van der Waals surface area (Å²) in [6.45, 7) is 1.72. The van der Waals surface area contributed by atoms with Crippen molar-refractivity contribution < 1.29 is 23.4 Å². The van der Waals surface area contributed by atoms with Crippen LogP contribution >= 0.6 is 0 Å². The van der Waals surface area contributed by atoms with E-state index in [1.807, 2.05) is 0 Å². The largest absolute Gasteiger partial charge is 0.507 e. The van der Waals surface area contributed by atoms with Crippen molar-refractivity contribution in [2.45, 2.75) is 57.7 Å². The molecule has 0 saturated heterocycles. The molecule has 1 aliphatic rings. The molecule has 1 aromatic heterocycles. The lowest BCUT2D eigenvalue weighted by atomic mass is 9.86. The molecule has 0 unspecified atom stereocenters. The highest BCUT2D eigenvalue weighted by atomic mass is 19.4. The zero-order valence-electron chi connectivity index (χ0n) is 14.5. The molecule has 140 valence electrons. The van der Waals surface area contributed by atoms with Crippen LogP contribution in [0.5, 0.6) is 5.75 Å². The molecule has 1 heterocycles. The molecule has 0 aliphatic heterocycles. The second-order valence-electron chi connectivity index (χ2n) is 6.78. The molecule has 0 amide bonds. The van der Waals surface area contributed by atoms with E-state index in [0.29, 0.717) is 18.5 Å². The molecule has 0 saturated carbocycles. The van der Waals surface area contributed by atoms with Crippen molar-refractivity contribution in [1.82, 2.24) is 10.2 Å². The monoisotopic (exact) mass is 366 g/mol. The molecule has 3 rings (SSSR count). The lowest BCUT2D eigenvalue weighted by Gasteiger charge is -2.22. The Labute approximate surface area is 149 Å². The minimum absolute atomic E-state index is 0.269. The maximum absolute atomic E-state index is 12.8. The number of aliphatic hydroxyl groups excluding tert-OH is 1. The number of aliphatic hydroxyl groups is 1. The van der Waals surface area contributed by atoms with Gasteiger partial charge in [0.2, 0.25) is 0 Å². The van der Waals surface area contributed by atoms with Gasteiger partial charge in [0, 0.05) is 5.56 Å². The molecule has 1 aliphatic carbocycles. The van der Waals surface area contributed by atoms with Crippen LogP contribution in [0.2, 0.25) is 0 Å².